The number of benzene rings is 2. The molecule has 1 amide bonds. The van der Waals surface area contributed by atoms with E-state index in [2.05, 4.69) is 16.6 Å². The standard InChI is InChI=1S/C25H28F4N2O3/c1-6-15(2)13-31(5)23-16(3)21(18-7-9-20(10-8-18)34-25(27,28)29)11-19(22(23)14-32)12-30-24(33)17(4)26/h7-11,13,32H,4,6,12,14H2,1-3,5H3,(H,30,33)/b15-13+. The second kappa shape index (κ2) is 11.2. The van der Waals surface area contributed by atoms with E-state index >= 15 is 0 Å². The normalized spacial score (nSPS) is 11.9. The Balaban J connectivity index is 2.65. The van der Waals surface area contributed by atoms with Gasteiger partial charge in [-0.25, -0.2) is 4.39 Å². The summed E-state index contributed by atoms with van der Waals surface area (Å²) in [5.41, 5.74) is 4.85. The summed E-state index contributed by atoms with van der Waals surface area (Å²) in [6, 6.07) is 7.12. The van der Waals surface area contributed by atoms with Crippen LogP contribution < -0.4 is 15.0 Å². The molecule has 0 saturated carbocycles. The van der Waals surface area contributed by atoms with Crippen LogP contribution >= 0.6 is 0 Å². The number of alkyl halides is 3. The molecular formula is C25H28F4N2O3. The number of carbonyl (C=O) groups is 1. The smallest absolute Gasteiger partial charge is 0.406 e. The Morgan fingerprint density at radius 3 is 2.38 bits per heavy atom. The van der Waals surface area contributed by atoms with Crippen molar-refractivity contribution in [1.29, 1.82) is 0 Å². The largest absolute Gasteiger partial charge is 0.573 e. The number of halogens is 4. The fourth-order valence-electron chi connectivity index (χ4n) is 3.58. The first-order chi connectivity index (χ1) is 15.9. The number of rotatable bonds is 9. The highest BCUT2D eigenvalue weighted by Crippen LogP contribution is 2.37. The van der Waals surface area contributed by atoms with Crippen LogP contribution in [0.2, 0.25) is 0 Å². The van der Waals surface area contributed by atoms with Crippen molar-refractivity contribution in [2.75, 3.05) is 11.9 Å². The maximum Gasteiger partial charge on any atom is 0.573 e. The van der Waals surface area contributed by atoms with Gasteiger partial charge in [0.25, 0.3) is 5.91 Å². The third-order valence-electron chi connectivity index (χ3n) is 5.32. The van der Waals surface area contributed by atoms with Crippen LogP contribution in [0.5, 0.6) is 5.75 Å². The van der Waals surface area contributed by atoms with Crippen molar-refractivity contribution in [3.05, 3.63) is 71.2 Å². The summed E-state index contributed by atoms with van der Waals surface area (Å²) >= 11 is 0. The lowest BCUT2D eigenvalue weighted by Gasteiger charge is -2.26. The number of ether oxygens (including phenoxy) is 1. The number of nitrogens with one attached hydrogen (secondary N) is 1. The van der Waals surface area contributed by atoms with Gasteiger partial charge in [-0.15, -0.1) is 13.2 Å². The van der Waals surface area contributed by atoms with Crippen molar-refractivity contribution in [3.63, 3.8) is 0 Å². The summed E-state index contributed by atoms with van der Waals surface area (Å²) < 4.78 is 54.7. The van der Waals surface area contributed by atoms with Gasteiger partial charge < -0.3 is 20.1 Å². The molecule has 0 unspecified atom stereocenters. The zero-order valence-electron chi connectivity index (χ0n) is 19.5. The second-order valence-corrected chi connectivity index (χ2v) is 7.79. The van der Waals surface area contributed by atoms with E-state index in [1.165, 1.54) is 24.3 Å². The average Bonchev–Trinajstić information content (AvgIpc) is 2.76. The van der Waals surface area contributed by atoms with E-state index in [1.807, 2.05) is 38.9 Å². The molecule has 0 spiro atoms. The van der Waals surface area contributed by atoms with Gasteiger partial charge in [0, 0.05) is 31.0 Å². The number of hydrogen-bond donors (Lipinski definition) is 2. The van der Waals surface area contributed by atoms with Crippen LogP contribution in [-0.2, 0) is 17.9 Å². The van der Waals surface area contributed by atoms with E-state index in [-0.39, 0.29) is 18.9 Å². The number of carbonyl (C=O) groups excluding carboxylic acids is 1. The van der Waals surface area contributed by atoms with Crippen molar-refractivity contribution in [3.8, 4) is 16.9 Å². The lowest BCUT2D eigenvalue weighted by molar-refractivity contribution is -0.274. The van der Waals surface area contributed by atoms with E-state index in [1.54, 1.807) is 6.07 Å². The fraction of sp³-hybridized carbons (Fsp3) is 0.320. The summed E-state index contributed by atoms with van der Waals surface area (Å²) in [7, 11) is 1.82. The first-order valence-electron chi connectivity index (χ1n) is 10.5. The highest BCUT2D eigenvalue weighted by Gasteiger charge is 2.31. The predicted octanol–water partition coefficient (Wildman–Crippen LogP) is 5.90. The molecule has 9 heteroatoms. The molecule has 0 bridgehead atoms. The quantitative estimate of drug-likeness (QED) is 0.346. The molecule has 2 rings (SSSR count). The fourth-order valence-corrected chi connectivity index (χ4v) is 3.58. The topological polar surface area (TPSA) is 61.8 Å². The summed E-state index contributed by atoms with van der Waals surface area (Å²) in [5.74, 6) is -2.47. The lowest BCUT2D eigenvalue weighted by atomic mass is 9.91. The van der Waals surface area contributed by atoms with Gasteiger partial charge in [0.05, 0.1) is 6.61 Å². The lowest BCUT2D eigenvalue weighted by Crippen LogP contribution is -2.24. The van der Waals surface area contributed by atoms with Crippen molar-refractivity contribution < 1.29 is 32.2 Å². The highest BCUT2D eigenvalue weighted by molar-refractivity contribution is 5.90. The second-order valence-electron chi connectivity index (χ2n) is 7.79. The summed E-state index contributed by atoms with van der Waals surface area (Å²) in [6.45, 7) is 8.34. The third kappa shape index (κ3) is 6.84. The van der Waals surface area contributed by atoms with Crippen molar-refractivity contribution in [2.24, 2.45) is 0 Å². The molecule has 0 heterocycles. The first-order valence-corrected chi connectivity index (χ1v) is 10.5. The molecule has 2 aromatic rings. The Hall–Kier alpha value is -3.33. The van der Waals surface area contributed by atoms with Gasteiger partial charge in [0.2, 0.25) is 0 Å². The maximum absolute atomic E-state index is 13.2. The van der Waals surface area contributed by atoms with Gasteiger partial charge in [0.15, 0.2) is 5.83 Å². The number of allylic oxidation sites excluding steroid dienone is 1. The van der Waals surface area contributed by atoms with Crippen molar-refractivity contribution in [2.45, 2.75) is 46.7 Å². The zero-order valence-corrected chi connectivity index (χ0v) is 19.5. The van der Waals surface area contributed by atoms with Crippen LogP contribution in [0.3, 0.4) is 0 Å². The molecule has 5 nitrogen and oxygen atoms in total. The van der Waals surface area contributed by atoms with E-state index in [9.17, 15) is 27.5 Å². The summed E-state index contributed by atoms with van der Waals surface area (Å²) in [4.78, 5) is 13.6. The minimum Gasteiger partial charge on any atom is -0.406 e. The summed E-state index contributed by atoms with van der Waals surface area (Å²) in [5, 5.41) is 12.6. The van der Waals surface area contributed by atoms with Crippen molar-refractivity contribution >= 4 is 11.6 Å². The van der Waals surface area contributed by atoms with Gasteiger partial charge in [-0.05, 0) is 60.7 Å². The van der Waals surface area contributed by atoms with Gasteiger partial charge in [-0.2, -0.15) is 0 Å². The number of aliphatic hydroxyl groups is 1. The highest BCUT2D eigenvalue weighted by atomic mass is 19.4. The molecule has 0 aliphatic rings. The van der Waals surface area contributed by atoms with E-state index in [0.717, 1.165) is 17.6 Å². The van der Waals surface area contributed by atoms with Crippen LogP contribution in [-0.4, -0.2) is 24.4 Å². The molecule has 0 saturated heterocycles. The summed E-state index contributed by atoms with van der Waals surface area (Å²) in [6.07, 6.45) is -2.08. The van der Waals surface area contributed by atoms with E-state index in [4.69, 9.17) is 0 Å². The minimum absolute atomic E-state index is 0.0858. The average molecular weight is 481 g/mol. The number of nitrogens with zero attached hydrogens (tertiary/aromatic N) is 1. The number of aliphatic hydroxyl groups excluding tert-OH is 1. The Labute approximate surface area is 196 Å². The first kappa shape index (κ1) is 26.9. The minimum atomic E-state index is -4.80. The molecule has 0 radical (unpaired) electrons. The zero-order chi connectivity index (χ0) is 25.6. The molecular weight excluding hydrogens is 452 g/mol. The number of anilines is 1. The van der Waals surface area contributed by atoms with Crippen LogP contribution in [0.4, 0.5) is 23.2 Å². The molecule has 184 valence electrons. The number of amides is 1. The molecule has 0 fully saturated rings. The molecule has 0 atom stereocenters. The van der Waals surface area contributed by atoms with E-state index < -0.39 is 18.1 Å². The number of hydrogen-bond acceptors (Lipinski definition) is 4. The Bertz CT molecular complexity index is 1080. The van der Waals surface area contributed by atoms with Crippen LogP contribution in [0.25, 0.3) is 11.1 Å². The van der Waals surface area contributed by atoms with E-state index in [0.29, 0.717) is 27.9 Å². The third-order valence-corrected chi connectivity index (χ3v) is 5.32. The Kier molecular flexibility index (Phi) is 8.86. The van der Waals surface area contributed by atoms with Gasteiger partial charge in [-0.1, -0.05) is 31.2 Å². The SMILES string of the molecule is C=C(F)C(=O)NCc1cc(-c2ccc(OC(F)(F)F)cc2)c(C)c(N(C)/C=C(\C)CC)c1CO. The van der Waals surface area contributed by atoms with Crippen LogP contribution in [0, 0.1) is 6.92 Å². The molecule has 2 N–H and O–H groups in total. The maximum atomic E-state index is 13.2. The molecule has 0 aromatic heterocycles. The predicted molar refractivity (Wildman–Crippen MR) is 124 cm³/mol. The Morgan fingerprint density at radius 2 is 1.88 bits per heavy atom. The van der Waals surface area contributed by atoms with Gasteiger partial charge in [-0.3, -0.25) is 4.79 Å². The monoisotopic (exact) mass is 480 g/mol. The van der Waals surface area contributed by atoms with Crippen LogP contribution in [0.1, 0.15) is 37.0 Å². The van der Waals surface area contributed by atoms with Crippen molar-refractivity contribution in [1.82, 2.24) is 5.32 Å². The molecule has 0 aliphatic heterocycles. The van der Waals surface area contributed by atoms with Crippen LogP contribution in [0.15, 0.2) is 54.5 Å². The molecule has 34 heavy (non-hydrogen) atoms. The van der Waals surface area contributed by atoms with Gasteiger partial charge >= 0.3 is 6.36 Å². The van der Waals surface area contributed by atoms with Gasteiger partial charge in [0.1, 0.15) is 5.75 Å². The molecule has 0 aliphatic carbocycles. The molecule has 2 aromatic carbocycles. The Morgan fingerprint density at radius 1 is 1.26 bits per heavy atom.